The highest BCUT2D eigenvalue weighted by atomic mass is 16.3. The number of furan rings is 1. The molecular weight excluding hydrogens is 312 g/mol. The molecule has 25 heavy (non-hydrogen) atoms. The molecule has 2 N–H and O–H groups in total. The van der Waals surface area contributed by atoms with Gasteiger partial charge in [-0.2, -0.15) is 0 Å². The minimum Gasteiger partial charge on any atom is -0.467 e. The third kappa shape index (κ3) is 4.37. The molecule has 4 nitrogen and oxygen atoms in total. The molecule has 0 saturated carbocycles. The Balaban J connectivity index is 1.68. The van der Waals surface area contributed by atoms with Gasteiger partial charge in [0.25, 0.3) is 0 Å². The molecule has 0 aliphatic carbocycles. The van der Waals surface area contributed by atoms with E-state index < -0.39 is 0 Å². The van der Waals surface area contributed by atoms with Crippen LogP contribution in [0.5, 0.6) is 0 Å². The Morgan fingerprint density at radius 1 is 1.04 bits per heavy atom. The lowest BCUT2D eigenvalue weighted by molar-refractivity contribution is -0.115. The molecule has 3 rings (SSSR count). The average Bonchev–Trinajstić information content (AvgIpc) is 3.13. The van der Waals surface area contributed by atoms with E-state index in [1.807, 2.05) is 68.4 Å². The summed E-state index contributed by atoms with van der Waals surface area (Å²) < 4.78 is 5.54. The van der Waals surface area contributed by atoms with Crippen LogP contribution in [0.2, 0.25) is 0 Å². The highest BCUT2D eigenvalue weighted by molar-refractivity contribution is 5.93. The maximum Gasteiger partial charge on any atom is 0.238 e. The Morgan fingerprint density at radius 2 is 1.84 bits per heavy atom. The third-order valence-corrected chi connectivity index (χ3v) is 4.08. The normalized spacial score (nSPS) is 11.9. The number of hydrogen-bond acceptors (Lipinski definition) is 3. The summed E-state index contributed by atoms with van der Waals surface area (Å²) in [4.78, 5) is 12.4. The number of amides is 1. The van der Waals surface area contributed by atoms with E-state index in [0.717, 1.165) is 22.6 Å². The van der Waals surface area contributed by atoms with Gasteiger partial charge in [-0.3, -0.25) is 10.1 Å². The number of carbonyl (C=O) groups excluding carboxylic acids is 1. The smallest absolute Gasteiger partial charge is 0.238 e. The molecule has 1 atom stereocenters. The van der Waals surface area contributed by atoms with Crippen LogP contribution in [0.4, 0.5) is 5.69 Å². The molecule has 0 saturated heterocycles. The molecule has 0 aliphatic rings. The standard InChI is InChI=1S/C21H22N2O2/c1-15-10-11-18(16(2)13-15)23-20(24)14-22-21(19-9-6-12-25-19)17-7-4-3-5-8-17/h3-13,21-22H,14H2,1-2H3,(H,23,24)/t21-/m0/s1. The van der Waals surface area contributed by atoms with Gasteiger partial charge in [0, 0.05) is 5.69 Å². The van der Waals surface area contributed by atoms with Crippen LogP contribution in [0.15, 0.2) is 71.3 Å². The molecule has 0 fully saturated rings. The van der Waals surface area contributed by atoms with Crippen LogP contribution in [-0.2, 0) is 4.79 Å². The first kappa shape index (κ1) is 17.0. The summed E-state index contributed by atoms with van der Waals surface area (Å²) in [6, 6.07) is 19.5. The van der Waals surface area contributed by atoms with Gasteiger partial charge in [0.1, 0.15) is 5.76 Å². The topological polar surface area (TPSA) is 54.3 Å². The summed E-state index contributed by atoms with van der Waals surface area (Å²) >= 11 is 0. The van der Waals surface area contributed by atoms with Crippen LogP contribution >= 0.6 is 0 Å². The number of rotatable bonds is 6. The third-order valence-electron chi connectivity index (χ3n) is 4.08. The summed E-state index contributed by atoms with van der Waals surface area (Å²) in [5.41, 5.74) is 4.12. The summed E-state index contributed by atoms with van der Waals surface area (Å²) in [7, 11) is 0. The highest BCUT2D eigenvalue weighted by Gasteiger charge is 2.17. The number of benzene rings is 2. The van der Waals surface area contributed by atoms with E-state index >= 15 is 0 Å². The van der Waals surface area contributed by atoms with Crippen molar-refractivity contribution >= 4 is 11.6 Å². The van der Waals surface area contributed by atoms with E-state index in [1.165, 1.54) is 5.56 Å². The first-order chi connectivity index (χ1) is 12.1. The Labute approximate surface area is 147 Å². The zero-order valence-corrected chi connectivity index (χ0v) is 14.5. The van der Waals surface area contributed by atoms with E-state index in [-0.39, 0.29) is 18.5 Å². The summed E-state index contributed by atoms with van der Waals surface area (Å²) in [5.74, 6) is 0.699. The number of nitrogens with one attached hydrogen (secondary N) is 2. The monoisotopic (exact) mass is 334 g/mol. The molecule has 0 bridgehead atoms. The van der Waals surface area contributed by atoms with Crippen molar-refractivity contribution < 1.29 is 9.21 Å². The minimum absolute atomic E-state index is 0.0839. The number of aryl methyl sites for hydroxylation is 2. The molecule has 0 unspecified atom stereocenters. The largest absolute Gasteiger partial charge is 0.467 e. The van der Waals surface area contributed by atoms with Crippen LogP contribution < -0.4 is 10.6 Å². The predicted molar refractivity (Wildman–Crippen MR) is 99.5 cm³/mol. The van der Waals surface area contributed by atoms with Crippen molar-refractivity contribution in [3.63, 3.8) is 0 Å². The van der Waals surface area contributed by atoms with Crippen LogP contribution in [0.3, 0.4) is 0 Å². The maximum atomic E-state index is 12.4. The fourth-order valence-corrected chi connectivity index (χ4v) is 2.83. The SMILES string of the molecule is Cc1ccc(NC(=O)CN[C@@H](c2ccccc2)c2ccco2)c(C)c1. The van der Waals surface area contributed by atoms with Gasteiger partial charge in [-0.15, -0.1) is 0 Å². The van der Waals surface area contributed by atoms with Crippen molar-refractivity contribution in [2.24, 2.45) is 0 Å². The lowest BCUT2D eigenvalue weighted by Crippen LogP contribution is -2.31. The predicted octanol–water partition coefficient (Wildman–Crippen LogP) is 4.21. The molecule has 128 valence electrons. The Morgan fingerprint density at radius 3 is 2.52 bits per heavy atom. The van der Waals surface area contributed by atoms with E-state index in [0.29, 0.717) is 0 Å². The van der Waals surface area contributed by atoms with Gasteiger partial charge in [0.2, 0.25) is 5.91 Å². The molecule has 1 heterocycles. The molecule has 0 spiro atoms. The second kappa shape index (κ2) is 7.81. The molecular formula is C21H22N2O2. The van der Waals surface area contributed by atoms with Crippen LogP contribution in [0, 0.1) is 13.8 Å². The van der Waals surface area contributed by atoms with Crippen molar-refractivity contribution in [2.75, 3.05) is 11.9 Å². The maximum absolute atomic E-state index is 12.4. The number of anilines is 1. The first-order valence-corrected chi connectivity index (χ1v) is 8.32. The Kier molecular flexibility index (Phi) is 5.31. The van der Waals surface area contributed by atoms with Gasteiger partial charge in [0.15, 0.2) is 0 Å². The zero-order chi connectivity index (χ0) is 17.6. The number of hydrogen-bond donors (Lipinski definition) is 2. The molecule has 3 aromatic rings. The van der Waals surface area contributed by atoms with Gasteiger partial charge in [-0.25, -0.2) is 0 Å². The fraction of sp³-hybridized carbons (Fsp3) is 0.190. The van der Waals surface area contributed by atoms with Crippen molar-refractivity contribution in [3.05, 3.63) is 89.4 Å². The fourth-order valence-electron chi connectivity index (χ4n) is 2.83. The lowest BCUT2D eigenvalue weighted by Gasteiger charge is -2.17. The molecule has 0 radical (unpaired) electrons. The highest BCUT2D eigenvalue weighted by Crippen LogP contribution is 2.22. The van der Waals surface area contributed by atoms with Gasteiger partial charge in [-0.05, 0) is 43.2 Å². The second-order valence-corrected chi connectivity index (χ2v) is 6.11. The average molecular weight is 334 g/mol. The van der Waals surface area contributed by atoms with E-state index in [1.54, 1.807) is 6.26 Å². The van der Waals surface area contributed by atoms with Gasteiger partial charge >= 0.3 is 0 Å². The zero-order valence-electron chi connectivity index (χ0n) is 14.5. The molecule has 1 amide bonds. The lowest BCUT2D eigenvalue weighted by atomic mass is 10.0. The van der Waals surface area contributed by atoms with Gasteiger partial charge in [0.05, 0.1) is 18.8 Å². The quantitative estimate of drug-likeness (QED) is 0.710. The van der Waals surface area contributed by atoms with Crippen molar-refractivity contribution in [1.82, 2.24) is 5.32 Å². The van der Waals surface area contributed by atoms with Crippen LogP contribution in [0.1, 0.15) is 28.5 Å². The molecule has 1 aromatic heterocycles. The Bertz CT molecular complexity index is 826. The van der Waals surface area contributed by atoms with Crippen LogP contribution in [0.25, 0.3) is 0 Å². The number of carbonyl (C=O) groups is 1. The van der Waals surface area contributed by atoms with Gasteiger partial charge < -0.3 is 9.73 Å². The summed E-state index contributed by atoms with van der Waals surface area (Å²) in [6.45, 7) is 4.22. The molecule has 0 aliphatic heterocycles. The van der Waals surface area contributed by atoms with Crippen molar-refractivity contribution in [2.45, 2.75) is 19.9 Å². The van der Waals surface area contributed by atoms with E-state index in [2.05, 4.69) is 16.7 Å². The second-order valence-electron chi connectivity index (χ2n) is 6.11. The first-order valence-electron chi connectivity index (χ1n) is 8.32. The summed E-state index contributed by atoms with van der Waals surface area (Å²) in [6.07, 6.45) is 1.64. The van der Waals surface area contributed by atoms with Crippen molar-refractivity contribution in [1.29, 1.82) is 0 Å². The summed E-state index contributed by atoms with van der Waals surface area (Å²) in [5, 5.41) is 6.24. The molecule has 2 aromatic carbocycles. The Hall–Kier alpha value is -2.85. The van der Waals surface area contributed by atoms with E-state index in [9.17, 15) is 4.79 Å². The van der Waals surface area contributed by atoms with Gasteiger partial charge in [-0.1, -0.05) is 48.0 Å². The minimum atomic E-state index is -0.166. The van der Waals surface area contributed by atoms with E-state index in [4.69, 9.17) is 4.42 Å². The van der Waals surface area contributed by atoms with Crippen molar-refractivity contribution in [3.8, 4) is 0 Å². The molecule has 4 heteroatoms. The van der Waals surface area contributed by atoms with Crippen LogP contribution in [-0.4, -0.2) is 12.5 Å².